The fraction of sp³-hybridized carbons (Fsp3) is 0.579. The summed E-state index contributed by atoms with van der Waals surface area (Å²) in [5.74, 6) is 0.0423. The molecular formula is C19H22Cl2N2O2. The molecule has 1 aromatic rings. The molecule has 1 spiro atoms. The molecule has 134 valence electrons. The van der Waals surface area contributed by atoms with Gasteiger partial charge in [0.15, 0.2) is 0 Å². The number of carbonyl (C=O) groups is 2. The van der Waals surface area contributed by atoms with Gasteiger partial charge in [-0.15, -0.1) is 11.6 Å². The van der Waals surface area contributed by atoms with Crippen LogP contribution in [0.15, 0.2) is 18.2 Å². The van der Waals surface area contributed by atoms with Crippen LogP contribution >= 0.6 is 23.2 Å². The third-order valence-electron chi connectivity index (χ3n) is 6.09. The highest BCUT2D eigenvalue weighted by atomic mass is 35.5. The molecule has 2 amide bonds. The third-order valence-corrected chi connectivity index (χ3v) is 6.69. The topological polar surface area (TPSA) is 49.4 Å². The molecule has 1 unspecified atom stereocenters. The maximum Gasteiger partial charge on any atom is 0.235 e. The predicted molar refractivity (Wildman–Crippen MR) is 98.1 cm³/mol. The van der Waals surface area contributed by atoms with Crippen LogP contribution in [0.2, 0.25) is 5.02 Å². The van der Waals surface area contributed by atoms with Crippen LogP contribution in [0, 0.1) is 0 Å². The van der Waals surface area contributed by atoms with Crippen LogP contribution in [0.5, 0.6) is 0 Å². The SMILES string of the molecule is O=C(CCl)NC1CC2(CCCCN2C(=O)C2Cc3c(Cl)cccc32)C1. The normalized spacial score (nSPS) is 30.2. The number of carbonyl (C=O) groups excluding carboxylic acids is 2. The minimum Gasteiger partial charge on any atom is -0.352 e. The van der Waals surface area contributed by atoms with Crippen molar-refractivity contribution in [1.82, 2.24) is 10.2 Å². The zero-order valence-corrected chi connectivity index (χ0v) is 15.6. The Kier molecular flexibility index (Phi) is 4.45. The lowest BCUT2D eigenvalue weighted by molar-refractivity contribution is -0.149. The first kappa shape index (κ1) is 17.2. The Labute approximate surface area is 157 Å². The summed E-state index contributed by atoms with van der Waals surface area (Å²) in [4.78, 5) is 26.8. The van der Waals surface area contributed by atoms with E-state index in [1.807, 2.05) is 18.2 Å². The summed E-state index contributed by atoms with van der Waals surface area (Å²) in [7, 11) is 0. The highest BCUT2D eigenvalue weighted by Crippen LogP contribution is 2.48. The Morgan fingerprint density at radius 2 is 2.08 bits per heavy atom. The molecule has 4 nitrogen and oxygen atoms in total. The first-order valence-corrected chi connectivity index (χ1v) is 9.89. The van der Waals surface area contributed by atoms with Crippen LogP contribution in [0.4, 0.5) is 0 Å². The molecule has 0 aromatic heterocycles. The van der Waals surface area contributed by atoms with Gasteiger partial charge in [-0.25, -0.2) is 0 Å². The molecule has 25 heavy (non-hydrogen) atoms. The molecule has 2 aliphatic carbocycles. The Morgan fingerprint density at radius 1 is 1.28 bits per heavy atom. The second-order valence-corrected chi connectivity index (χ2v) is 8.22. The molecule has 1 aromatic carbocycles. The molecule has 0 radical (unpaired) electrons. The second kappa shape index (κ2) is 6.48. The Morgan fingerprint density at radius 3 is 2.84 bits per heavy atom. The van der Waals surface area contributed by atoms with Gasteiger partial charge < -0.3 is 10.2 Å². The highest BCUT2D eigenvalue weighted by Gasteiger charge is 2.53. The molecule has 1 saturated carbocycles. The van der Waals surface area contributed by atoms with E-state index in [1.54, 1.807) is 0 Å². The van der Waals surface area contributed by atoms with Crippen LogP contribution in [0.25, 0.3) is 0 Å². The van der Waals surface area contributed by atoms with E-state index in [1.165, 1.54) is 0 Å². The average molecular weight is 381 g/mol. The minimum absolute atomic E-state index is 0.00817. The standard InChI is InChI=1S/C19H22Cl2N2O2/c20-11-17(24)22-12-9-19(10-12)6-1-2-7-23(19)18(25)15-8-14-13(15)4-3-5-16(14)21/h3-5,12,15H,1-2,6-11H2,(H,22,24). The van der Waals surface area contributed by atoms with Crippen molar-refractivity contribution in [1.29, 1.82) is 0 Å². The van der Waals surface area contributed by atoms with Gasteiger partial charge >= 0.3 is 0 Å². The van der Waals surface area contributed by atoms with Crippen LogP contribution in [0.3, 0.4) is 0 Å². The number of nitrogens with zero attached hydrogens (tertiary/aromatic N) is 1. The van der Waals surface area contributed by atoms with Crippen molar-refractivity contribution in [2.45, 2.75) is 56.0 Å². The number of piperidine rings is 1. The number of amides is 2. The number of rotatable bonds is 3. The van der Waals surface area contributed by atoms with E-state index >= 15 is 0 Å². The largest absolute Gasteiger partial charge is 0.352 e. The maximum absolute atomic E-state index is 13.2. The number of nitrogens with one attached hydrogen (secondary N) is 1. The number of hydrogen-bond acceptors (Lipinski definition) is 2. The Bertz CT molecular complexity index is 715. The molecule has 3 aliphatic rings. The second-order valence-electron chi connectivity index (χ2n) is 7.54. The van der Waals surface area contributed by atoms with Crippen molar-refractivity contribution in [3.8, 4) is 0 Å². The van der Waals surface area contributed by atoms with Gasteiger partial charge in [0.1, 0.15) is 5.88 Å². The van der Waals surface area contributed by atoms with Gasteiger partial charge in [-0.3, -0.25) is 9.59 Å². The van der Waals surface area contributed by atoms with Crippen molar-refractivity contribution < 1.29 is 9.59 Å². The lowest BCUT2D eigenvalue weighted by Crippen LogP contribution is -2.67. The predicted octanol–water partition coefficient (Wildman–Crippen LogP) is 3.25. The van der Waals surface area contributed by atoms with Crippen LogP contribution < -0.4 is 5.32 Å². The van der Waals surface area contributed by atoms with Crippen LogP contribution in [-0.2, 0) is 16.0 Å². The van der Waals surface area contributed by atoms with Crippen LogP contribution in [0.1, 0.15) is 49.1 Å². The molecule has 6 heteroatoms. The van der Waals surface area contributed by atoms with Gasteiger partial charge in [0.2, 0.25) is 11.8 Å². The van der Waals surface area contributed by atoms with E-state index in [0.717, 1.165) is 61.2 Å². The van der Waals surface area contributed by atoms with E-state index in [0.29, 0.717) is 0 Å². The molecule has 1 N–H and O–H groups in total. The van der Waals surface area contributed by atoms with Gasteiger partial charge in [0, 0.05) is 23.1 Å². The van der Waals surface area contributed by atoms with Gasteiger partial charge in [0.25, 0.3) is 0 Å². The van der Waals surface area contributed by atoms with E-state index < -0.39 is 0 Å². The molecule has 1 saturated heterocycles. The lowest BCUT2D eigenvalue weighted by atomic mass is 9.65. The number of hydrogen-bond donors (Lipinski definition) is 1. The van der Waals surface area contributed by atoms with Gasteiger partial charge in [-0.05, 0) is 55.7 Å². The van der Waals surface area contributed by atoms with Crippen LogP contribution in [-0.4, -0.2) is 40.7 Å². The monoisotopic (exact) mass is 380 g/mol. The zero-order valence-electron chi connectivity index (χ0n) is 14.1. The third kappa shape index (κ3) is 2.83. The van der Waals surface area contributed by atoms with Crippen molar-refractivity contribution in [3.05, 3.63) is 34.3 Å². The van der Waals surface area contributed by atoms with Crippen molar-refractivity contribution in [3.63, 3.8) is 0 Å². The zero-order chi connectivity index (χ0) is 17.6. The summed E-state index contributed by atoms with van der Waals surface area (Å²) in [6.07, 6.45) is 5.66. The summed E-state index contributed by atoms with van der Waals surface area (Å²) < 4.78 is 0. The molecule has 2 fully saturated rings. The first-order chi connectivity index (χ1) is 12.0. The number of likely N-dealkylation sites (tertiary alicyclic amines) is 1. The number of benzene rings is 1. The molecule has 4 rings (SSSR count). The summed E-state index contributed by atoms with van der Waals surface area (Å²) in [6.45, 7) is 0.821. The number of alkyl halides is 1. The molecule has 1 atom stereocenters. The Balaban J connectivity index is 1.48. The van der Waals surface area contributed by atoms with Gasteiger partial charge in [-0.2, -0.15) is 0 Å². The molecule has 1 aliphatic heterocycles. The van der Waals surface area contributed by atoms with Crippen molar-refractivity contribution >= 4 is 35.0 Å². The fourth-order valence-corrected chi connectivity index (χ4v) is 5.14. The van der Waals surface area contributed by atoms with E-state index in [-0.39, 0.29) is 35.2 Å². The number of fused-ring (bicyclic) bond motifs is 1. The van der Waals surface area contributed by atoms with E-state index in [2.05, 4.69) is 10.2 Å². The first-order valence-electron chi connectivity index (χ1n) is 8.98. The van der Waals surface area contributed by atoms with Gasteiger partial charge in [-0.1, -0.05) is 23.7 Å². The summed E-state index contributed by atoms with van der Waals surface area (Å²) in [5.41, 5.74) is 2.13. The number of halogens is 2. The Hall–Kier alpha value is -1.26. The van der Waals surface area contributed by atoms with E-state index in [4.69, 9.17) is 23.2 Å². The van der Waals surface area contributed by atoms with Crippen molar-refractivity contribution in [2.75, 3.05) is 12.4 Å². The quantitative estimate of drug-likeness (QED) is 0.818. The molecular weight excluding hydrogens is 359 g/mol. The summed E-state index contributed by atoms with van der Waals surface area (Å²) in [5, 5.41) is 3.72. The molecule has 1 heterocycles. The minimum atomic E-state index is -0.127. The summed E-state index contributed by atoms with van der Waals surface area (Å²) in [6, 6.07) is 5.98. The lowest BCUT2D eigenvalue weighted by Gasteiger charge is -2.57. The van der Waals surface area contributed by atoms with E-state index in [9.17, 15) is 9.59 Å². The van der Waals surface area contributed by atoms with Crippen molar-refractivity contribution in [2.24, 2.45) is 0 Å². The summed E-state index contributed by atoms with van der Waals surface area (Å²) >= 11 is 11.8. The highest BCUT2D eigenvalue weighted by molar-refractivity contribution is 6.31. The average Bonchev–Trinajstić information content (AvgIpc) is 2.55. The smallest absolute Gasteiger partial charge is 0.235 e. The fourth-order valence-electron chi connectivity index (χ4n) is 4.80. The maximum atomic E-state index is 13.2. The molecule has 0 bridgehead atoms. The van der Waals surface area contributed by atoms with Gasteiger partial charge in [0.05, 0.1) is 5.92 Å².